The van der Waals surface area contributed by atoms with Crippen LogP contribution in [0.1, 0.15) is 11.1 Å². The lowest BCUT2D eigenvalue weighted by molar-refractivity contribution is 0.252. The Bertz CT molecular complexity index is 944. The van der Waals surface area contributed by atoms with Gasteiger partial charge in [-0.05, 0) is 42.2 Å². The molecule has 2 amide bonds. The van der Waals surface area contributed by atoms with Gasteiger partial charge >= 0.3 is 6.03 Å². The third-order valence-corrected chi connectivity index (χ3v) is 5.65. The first-order valence-electron chi connectivity index (χ1n) is 8.66. The molecule has 0 aromatic heterocycles. The second-order valence-electron chi connectivity index (χ2n) is 6.37. The maximum Gasteiger partial charge on any atom is 0.319 e. The highest BCUT2D eigenvalue weighted by molar-refractivity contribution is 7.92. The van der Waals surface area contributed by atoms with E-state index in [9.17, 15) is 13.2 Å². The van der Waals surface area contributed by atoms with E-state index in [0.29, 0.717) is 37.3 Å². The third kappa shape index (κ3) is 4.51. The number of ether oxygens (including phenoxy) is 1. The molecule has 2 N–H and O–H groups in total. The molecule has 3 rings (SSSR count). The maximum atomic E-state index is 12.2. The molecule has 1 heterocycles. The Balaban J connectivity index is 1.59. The fourth-order valence-corrected chi connectivity index (χ4v) is 4.12. The number of nitrogens with zero attached hydrogens (tertiary/aromatic N) is 1. The highest BCUT2D eigenvalue weighted by Crippen LogP contribution is 2.32. The molecule has 7 nitrogen and oxygen atoms in total. The number of hydrogen-bond donors (Lipinski definition) is 2. The van der Waals surface area contributed by atoms with Gasteiger partial charge in [0.15, 0.2) is 0 Å². The van der Waals surface area contributed by atoms with Crippen molar-refractivity contribution in [2.24, 2.45) is 0 Å². The van der Waals surface area contributed by atoms with E-state index in [4.69, 9.17) is 4.74 Å². The standard InChI is InChI=1S/C19H23N3O4S/c1-26-18-6-4-3-5-15(18)9-11-20-19(23)21-16-8-7-14-10-12-22(17(14)13-16)27(2,24)25/h3-8,13H,9-12H2,1-2H3,(H2,20,21,23). The molecule has 0 saturated heterocycles. The zero-order valence-corrected chi connectivity index (χ0v) is 16.2. The summed E-state index contributed by atoms with van der Waals surface area (Å²) in [5, 5.41) is 5.56. The Morgan fingerprint density at radius 1 is 1.22 bits per heavy atom. The molecule has 0 bridgehead atoms. The molecule has 27 heavy (non-hydrogen) atoms. The van der Waals surface area contributed by atoms with Crippen LogP contribution in [-0.2, 0) is 22.9 Å². The van der Waals surface area contributed by atoms with Crippen molar-refractivity contribution in [1.29, 1.82) is 0 Å². The summed E-state index contributed by atoms with van der Waals surface area (Å²) >= 11 is 0. The molecule has 144 valence electrons. The van der Waals surface area contributed by atoms with Crippen LogP contribution in [0.25, 0.3) is 0 Å². The predicted octanol–water partition coefficient (Wildman–Crippen LogP) is 2.38. The highest BCUT2D eigenvalue weighted by Gasteiger charge is 2.26. The van der Waals surface area contributed by atoms with E-state index in [0.717, 1.165) is 16.9 Å². The largest absolute Gasteiger partial charge is 0.496 e. The molecule has 0 fully saturated rings. The molecule has 0 saturated carbocycles. The Kier molecular flexibility index (Phi) is 5.55. The molecule has 0 aliphatic carbocycles. The number of urea groups is 1. The fourth-order valence-electron chi connectivity index (χ4n) is 3.17. The average Bonchev–Trinajstić information content (AvgIpc) is 3.05. The number of methoxy groups -OCH3 is 1. The van der Waals surface area contributed by atoms with Gasteiger partial charge in [-0.15, -0.1) is 0 Å². The van der Waals surface area contributed by atoms with Crippen molar-refractivity contribution >= 4 is 27.4 Å². The zero-order chi connectivity index (χ0) is 19.4. The van der Waals surface area contributed by atoms with E-state index in [1.54, 1.807) is 19.2 Å². The normalized spacial score (nSPS) is 13.2. The van der Waals surface area contributed by atoms with Crippen LogP contribution in [-0.4, -0.2) is 40.9 Å². The quantitative estimate of drug-likeness (QED) is 0.794. The van der Waals surface area contributed by atoms with Crippen LogP contribution >= 0.6 is 0 Å². The Morgan fingerprint density at radius 3 is 2.74 bits per heavy atom. The number of para-hydroxylation sites is 1. The summed E-state index contributed by atoms with van der Waals surface area (Å²) in [6.07, 6.45) is 2.50. The molecule has 0 atom stereocenters. The molecule has 1 aliphatic heterocycles. The number of rotatable bonds is 6. The van der Waals surface area contributed by atoms with E-state index in [1.807, 2.05) is 30.3 Å². The monoisotopic (exact) mass is 389 g/mol. The first kappa shape index (κ1) is 19.0. The van der Waals surface area contributed by atoms with Crippen molar-refractivity contribution in [2.45, 2.75) is 12.8 Å². The van der Waals surface area contributed by atoms with Crippen LogP contribution in [0.3, 0.4) is 0 Å². The van der Waals surface area contributed by atoms with Crippen LogP contribution in [0.4, 0.5) is 16.2 Å². The number of sulfonamides is 1. The molecule has 2 aromatic rings. The Hall–Kier alpha value is -2.74. The topological polar surface area (TPSA) is 87.7 Å². The summed E-state index contributed by atoms with van der Waals surface area (Å²) in [5.41, 5.74) is 3.16. The van der Waals surface area contributed by atoms with Crippen molar-refractivity contribution in [3.8, 4) is 5.75 Å². The van der Waals surface area contributed by atoms with Gasteiger partial charge < -0.3 is 15.4 Å². The molecular weight excluding hydrogens is 366 g/mol. The Morgan fingerprint density at radius 2 is 2.00 bits per heavy atom. The predicted molar refractivity (Wildman–Crippen MR) is 106 cm³/mol. The second kappa shape index (κ2) is 7.87. The summed E-state index contributed by atoms with van der Waals surface area (Å²) in [5.74, 6) is 0.791. The number of carbonyl (C=O) groups excluding carboxylic acids is 1. The maximum absolute atomic E-state index is 12.2. The van der Waals surface area contributed by atoms with Gasteiger partial charge in [0, 0.05) is 18.8 Å². The van der Waals surface area contributed by atoms with E-state index in [-0.39, 0.29) is 6.03 Å². The second-order valence-corrected chi connectivity index (χ2v) is 8.28. The minimum atomic E-state index is -3.32. The highest BCUT2D eigenvalue weighted by atomic mass is 32.2. The van der Waals surface area contributed by atoms with Crippen molar-refractivity contribution in [3.63, 3.8) is 0 Å². The van der Waals surface area contributed by atoms with Crippen LogP contribution in [0.15, 0.2) is 42.5 Å². The summed E-state index contributed by atoms with van der Waals surface area (Å²) in [6, 6.07) is 12.7. The minimum Gasteiger partial charge on any atom is -0.496 e. The van der Waals surface area contributed by atoms with Crippen molar-refractivity contribution in [3.05, 3.63) is 53.6 Å². The lowest BCUT2D eigenvalue weighted by Crippen LogP contribution is -2.30. The van der Waals surface area contributed by atoms with E-state index in [2.05, 4.69) is 10.6 Å². The lowest BCUT2D eigenvalue weighted by Gasteiger charge is -2.17. The van der Waals surface area contributed by atoms with Crippen molar-refractivity contribution in [2.75, 3.05) is 36.1 Å². The zero-order valence-electron chi connectivity index (χ0n) is 15.4. The minimum absolute atomic E-state index is 0.339. The number of benzene rings is 2. The van der Waals surface area contributed by atoms with Crippen LogP contribution in [0.2, 0.25) is 0 Å². The number of hydrogen-bond acceptors (Lipinski definition) is 4. The molecular formula is C19H23N3O4S. The smallest absolute Gasteiger partial charge is 0.319 e. The van der Waals surface area contributed by atoms with Crippen molar-refractivity contribution < 1.29 is 17.9 Å². The van der Waals surface area contributed by atoms with Crippen LogP contribution in [0, 0.1) is 0 Å². The average molecular weight is 389 g/mol. The molecule has 1 aliphatic rings. The van der Waals surface area contributed by atoms with Gasteiger partial charge in [-0.25, -0.2) is 13.2 Å². The molecule has 0 spiro atoms. The molecule has 8 heteroatoms. The SMILES string of the molecule is COc1ccccc1CCNC(=O)Nc1ccc2c(c1)N(S(C)(=O)=O)CC2. The lowest BCUT2D eigenvalue weighted by atomic mass is 10.1. The summed E-state index contributed by atoms with van der Waals surface area (Å²) < 4.78 is 30.4. The van der Waals surface area contributed by atoms with Gasteiger partial charge in [0.1, 0.15) is 5.75 Å². The van der Waals surface area contributed by atoms with Gasteiger partial charge in [-0.2, -0.15) is 0 Å². The van der Waals surface area contributed by atoms with Gasteiger partial charge in [-0.1, -0.05) is 24.3 Å². The van der Waals surface area contributed by atoms with Crippen LogP contribution in [0.5, 0.6) is 5.75 Å². The number of fused-ring (bicyclic) bond motifs is 1. The number of amides is 2. The van der Waals surface area contributed by atoms with Crippen molar-refractivity contribution in [1.82, 2.24) is 5.32 Å². The van der Waals surface area contributed by atoms with Gasteiger partial charge in [0.25, 0.3) is 0 Å². The summed E-state index contributed by atoms with van der Waals surface area (Å²) in [4.78, 5) is 12.2. The molecule has 0 radical (unpaired) electrons. The first-order valence-corrected chi connectivity index (χ1v) is 10.5. The van der Waals surface area contributed by atoms with E-state index >= 15 is 0 Å². The van der Waals surface area contributed by atoms with Gasteiger partial charge in [-0.3, -0.25) is 4.31 Å². The number of anilines is 2. The third-order valence-electron chi connectivity index (χ3n) is 4.47. The van der Waals surface area contributed by atoms with Gasteiger partial charge in [0.2, 0.25) is 10.0 Å². The summed E-state index contributed by atoms with van der Waals surface area (Å²) in [6.45, 7) is 0.884. The molecule has 2 aromatic carbocycles. The van der Waals surface area contributed by atoms with Gasteiger partial charge in [0.05, 0.1) is 19.1 Å². The Labute approximate surface area is 159 Å². The molecule has 0 unspecified atom stereocenters. The fraction of sp³-hybridized carbons (Fsp3) is 0.316. The summed E-state index contributed by atoms with van der Waals surface area (Å²) in [7, 11) is -1.70. The van der Waals surface area contributed by atoms with E-state index in [1.165, 1.54) is 10.6 Å². The number of nitrogens with one attached hydrogen (secondary N) is 2. The van der Waals surface area contributed by atoms with E-state index < -0.39 is 10.0 Å². The van der Waals surface area contributed by atoms with Crippen LogP contribution < -0.4 is 19.7 Å². The number of carbonyl (C=O) groups is 1. The first-order chi connectivity index (χ1) is 12.9.